The van der Waals surface area contributed by atoms with Crippen molar-refractivity contribution in [1.82, 2.24) is 4.98 Å². The normalized spacial score (nSPS) is 10.8. The number of ether oxygens (including phenoxy) is 1. The third-order valence-corrected chi connectivity index (χ3v) is 4.13. The van der Waals surface area contributed by atoms with E-state index < -0.39 is 0 Å². The van der Waals surface area contributed by atoms with Crippen LogP contribution in [0.5, 0.6) is 11.5 Å². The van der Waals surface area contributed by atoms with Crippen LogP contribution in [0.1, 0.15) is 5.01 Å². The second kappa shape index (κ2) is 4.83. The van der Waals surface area contributed by atoms with E-state index in [4.69, 9.17) is 10.5 Å². The van der Waals surface area contributed by atoms with E-state index >= 15 is 0 Å². The minimum Gasteiger partial charge on any atom is -0.455 e. The van der Waals surface area contributed by atoms with Gasteiger partial charge in [-0.1, -0.05) is 15.9 Å². The summed E-state index contributed by atoms with van der Waals surface area (Å²) in [5.74, 6) is 1.39. The molecule has 0 aliphatic carbocycles. The van der Waals surface area contributed by atoms with E-state index in [1.165, 1.54) is 0 Å². The van der Waals surface area contributed by atoms with Crippen LogP contribution >= 0.6 is 27.3 Å². The molecule has 0 aliphatic heterocycles. The molecule has 0 spiro atoms. The maximum Gasteiger partial charge on any atom is 0.152 e. The Morgan fingerprint density at radius 3 is 2.68 bits per heavy atom. The van der Waals surface area contributed by atoms with Gasteiger partial charge in [0.1, 0.15) is 5.75 Å². The summed E-state index contributed by atoms with van der Waals surface area (Å²) in [5.41, 5.74) is 7.56. The van der Waals surface area contributed by atoms with Crippen molar-refractivity contribution < 1.29 is 4.74 Å². The van der Waals surface area contributed by atoms with E-state index in [1.54, 1.807) is 11.3 Å². The highest BCUT2D eigenvalue weighted by molar-refractivity contribution is 9.10. The van der Waals surface area contributed by atoms with Gasteiger partial charge in [0.2, 0.25) is 0 Å². The minimum absolute atomic E-state index is 0.624. The van der Waals surface area contributed by atoms with E-state index in [-0.39, 0.29) is 0 Å². The van der Waals surface area contributed by atoms with Gasteiger partial charge in [-0.25, -0.2) is 4.98 Å². The highest BCUT2D eigenvalue weighted by Crippen LogP contribution is 2.34. The van der Waals surface area contributed by atoms with Crippen molar-refractivity contribution >= 4 is 43.2 Å². The molecule has 0 unspecified atom stereocenters. The van der Waals surface area contributed by atoms with Gasteiger partial charge < -0.3 is 10.5 Å². The summed E-state index contributed by atoms with van der Waals surface area (Å²) in [4.78, 5) is 4.45. The average Bonchev–Trinajstić information content (AvgIpc) is 2.72. The molecule has 3 aromatic rings. The number of aromatic nitrogens is 1. The van der Waals surface area contributed by atoms with Crippen molar-refractivity contribution in [2.45, 2.75) is 6.92 Å². The lowest BCUT2D eigenvalue weighted by molar-refractivity contribution is 0.485. The Bertz CT molecular complexity index is 737. The van der Waals surface area contributed by atoms with Gasteiger partial charge in [-0.3, -0.25) is 0 Å². The van der Waals surface area contributed by atoms with E-state index in [0.29, 0.717) is 11.4 Å². The maximum atomic E-state index is 6.02. The van der Waals surface area contributed by atoms with Crippen LogP contribution in [0.2, 0.25) is 0 Å². The number of hydrogen-bond acceptors (Lipinski definition) is 4. The Morgan fingerprint density at radius 1 is 1.21 bits per heavy atom. The molecule has 3 nitrogen and oxygen atoms in total. The lowest BCUT2D eigenvalue weighted by Gasteiger charge is -2.08. The average molecular weight is 335 g/mol. The first kappa shape index (κ1) is 12.4. The van der Waals surface area contributed by atoms with Crippen LogP contribution in [0.25, 0.3) is 10.2 Å². The second-order valence-corrected chi connectivity index (χ2v) is 6.30. The molecule has 3 rings (SSSR count). The Balaban J connectivity index is 1.99. The summed E-state index contributed by atoms with van der Waals surface area (Å²) in [6, 6.07) is 11.4. The van der Waals surface area contributed by atoms with Crippen molar-refractivity contribution in [3.8, 4) is 11.5 Å². The molecule has 0 atom stereocenters. The first-order valence-corrected chi connectivity index (χ1v) is 7.33. The molecule has 2 aromatic carbocycles. The van der Waals surface area contributed by atoms with Crippen LogP contribution < -0.4 is 10.5 Å². The molecule has 1 heterocycles. The van der Waals surface area contributed by atoms with Crippen LogP contribution in [-0.2, 0) is 0 Å². The fraction of sp³-hybridized carbons (Fsp3) is 0.0714. The topological polar surface area (TPSA) is 48.1 Å². The highest BCUT2D eigenvalue weighted by Gasteiger charge is 2.08. The van der Waals surface area contributed by atoms with Gasteiger partial charge in [0.05, 0.1) is 20.9 Å². The molecule has 0 saturated heterocycles. The second-order valence-electron chi connectivity index (χ2n) is 4.15. The van der Waals surface area contributed by atoms with Crippen molar-refractivity contribution in [3.63, 3.8) is 0 Å². The van der Waals surface area contributed by atoms with E-state index in [2.05, 4.69) is 20.9 Å². The molecule has 5 heteroatoms. The molecule has 0 aliphatic rings. The predicted octanol–water partition coefficient (Wildman–Crippen LogP) is 4.74. The summed E-state index contributed by atoms with van der Waals surface area (Å²) < 4.78 is 7.89. The number of aryl methyl sites for hydroxylation is 1. The van der Waals surface area contributed by atoms with Gasteiger partial charge in [0.25, 0.3) is 0 Å². The van der Waals surface area contributed by atoms with E-state index in [0.717, 1.165) is 25.4 Å². The molecule has 0 amide bonds. The van der Waals surface area contributed by atoms with Crippen molar-refractivity contribution in [1.29, 1.82) is 0 Å². The molecule has 96 valence electrons. The third kappa shape index (κ3) is 2.57. The number of nitrogens with two attached hydrogens (primary N) is 1. The Morgan fingerprint density at radius 2 is 1.95 bits per heavy atom. The zero-order valence-corrected chi connectivity index (χ0v) is 12.6. The minimum atomic E-state index is 0.624. The number of fused-ring (bicyclic) bond motifs is 1. The van der Waals surface area contributed by atoms with Gasteiger partial charge in [0, 0.05) is 10.5 Å². The SMILES string of the molecule is Cc1nc2cc(Oc3ccc(Br)cc3)c(N)cc2s1. The summed E-state index contributed by atoms with van der Waals surface area (Å²) >= 11 is 5.02. The molecular formula is C14H11BrN2OS. The maximum absolute atomic E-state index is 6.02. The first-order valence-electron chi connectivity index (χ1n) is 5.72. The lowest BCUT2D eigenvalue weighted by atomic mass is 10.2. The van der Waals surface area contributed by atoms with Crippen molar-refractivity contribution in [3.05, 3.63) is 45.9 Å². The largest absolute Gasteiger partial charge is 0.455 e. The van der Waals surface area contributed by atoms with Crippen LogP contribution in [0.3, 0.4) is 0 Å². The number of nitrogen functional groups attached to an aromatic ring is 1. The van der Waals surface area contributed by atoms with Crippen LogP contribution in [-0.4, -0.2) is 4.98 Å². The zero-order valence-electron chi connectivity index (χ0n) is 10.2. The van der Waals surface area contributed by atoms with Gasteiger partial charge >= 0.3 is 0 Å². The molecular weight excluding hydrogens is 324 g/mol. The van der Waals surface area contributed by atoms with Crippen LogP contribution in [0, 0.1) is 6.92 Å². The van der Waals surface area contributed by atoms with Crippen molar-refractivity contribution in [2.75, 3.05) is 5.73 Å². The third-order valence-electron chi connectivity index (χ3n) is 2.67. The number of nitrogens with zero attached hydrogens (tertiary/aromatic N) is 1. The van der Waals surface area contributed by atoms with Crippen molar-refractivity contribution in [2.24, 2.45) is 0 Å². The van der Waals surface area contributed by atoms with Gasteiger partial charge in [-0.15, -0.1) is 11.3 Å². The number of hydrogen-bond donors (Lipinski definition) is 1. The smallest absolute Gasteiger partial charge is 0.152 e. The number of anilines is 1. The highest BCUT2D eigenvalue weighted by atomic mass is 79.9. The molecule has 0 saturated carbocycles. The fourth-order valence-corrected chi connectivity index (χ4v) is 2.93. The molecule has 0 fully saturated rings. The molecule has 1 aromatic heterocycles. The number of halogens is 1. The standard InChI is InChI=1S/C14H11BrN2OS/c1-8-17-12-7-13(11(16)6-14(12)19-8)18-10-4-2-9(15)3-5-10/h2-7H,16H2,1H3. The quantitative estimate of drug-likeness (QED) is 0.688. The Labute approximate surface area is 123 Å². The summed E-state index contributed by atoms with van der Waals surface area (Å²) in [7, 11) is 0. The molecule has 0 radical (unpaired) electrons. The van der Waals surface area contributed by atoms with Crippen LogP contribution in [0.15, 0.2) is 40.9 Å². The summed E-state index contributed by atoms with van der Waals surface area (Å²) in [5, 5.41) is 1.02. The van der Waals surface area contributed by atoms with E-state index in [1.807, 2.05) is 43.3 Å². The molecule has 19 heavy (non-hydrogen) atoms. The summed E-state index contributed by atoms with van der Waals surface area (Å²) in [6.07, 6.45) is 0. The zero-order chi connectivity index (χ0) is 13.4. The van der Waals surface area contributed by atoms with E-state index in [9.17, 15) is 0 Å². The number of benzene rings is 2. The molecule has 0 bridgehead atoms. The summed E-state index contributed by atoms with van der Waals surface area (Å²) in [6.45, 7) is 1.98. The molecule has 2 N–H and O–H groups in total. The van der Waals surface area contributed by atoms with Gasteiger partial charge in [0.15, 0.2) is 5.75 Å². The Hall–Kier alpha value is -1.59. The number of thiazole rings is 1. The van der Waals surface area contributed by atoms with Crippen LogP contribution in [0.4, 0.5) is 5.69 Å². The predicted molar refractivity (Wildman–Crippen MR) is 83.0 cm³/mol. The monoisotopic (exact) mass is 334 g/mol. The van der Waals surface area contributed by atoms with Gasteiger partial charge in [-0.05, 0) is 37.3 Å². The number of rotatable bonds is 2. The van der Waals surface area contributed by atoms with Gasteiger partial charge in [-0.2, -0.15) is 0 Å². The Kier molecular flexibility index (Phi) is 3.16. The lowest BCUT2D eigenvalue weighted by Crippen LogP contribution is -1.91. The fourth-order valence-electron chi connectivity index (χ4n) is 1.80. The first-order chi connectivity index (χ1) is 9.11.